The third kappa shape index (κ3) is 6.01. The van der Waals surface area contributed by atoms with Crippen molar-refractivity contribution in [3.63, 3.8) is 0 Å². The second kappa shape index (κ2) is 10.9. The van der Waals surface area contributed by atoms with Crippen LogP contribution in [0.15, 0.2) is 66.7 Å². The SMILES string of the molecule is COc1ccc(/C=C/c2cc(OC)cc(OC)c2/C=C/C(=O)Oc2ccc(C)cc2)cc1. The predicted octanol–water partition coefficient (Wildman–Crippen LogP) is 5.81. The van der Waals surface area contributed by atoms with Crippen molar-refractivity contribution < 1.29 is 23.7 Å². The van der Waals surface area contributed by atoms with E-state index in [9.17, 15) is 4.79 Å². The highest BCUT2D eigenvalue weighted by molar-refractivity contribution is 5.91. The van der Waals surface area contributed by atoms with Crippen LogP contribution in [0.5, 0.6) is 23.0 Å². The van der Waals surface area contributed by atoms with Crippen molar-refractivity contribution in [2.45, 2.75) is 6.92 Å². The van der Waals surface area contributed by atoms with Crippen LogP contribution in [0.4, 0.5) is 0 Å². The fraction of sp³-hybridized carbons (Fsp3) is 0.148. The van der Waals surface area contributed by atoms with E-state index in [0.717, 1.165) is 28.0 Å². The van der Waals surface area contributed by atoms with Crippen LogP contribution in [0.1, 0.15) is 22.3 Å². The highest BCUT2D eigenvalue weighted by Gasteiger charge is 2.10. The van der Waals surface area contributed by atoms with Crippen molar-refractivity contribution in [3.8, 4) is 23.0 Å². The first-order valence-corrected chi connectivity index (χ1v) is 10.1. The molecule has 0 saturated carbocycles. The molecule has 3 aromatic carbocycles. The van der Waals surface area contributed by atoms with E-state index in [-0.39, 0.29) is 0 Å². The molecule has 0 fully saturated rings. The maximum absolute atomic E-state index is 12.3. The molecule has 0 aliphatic rings. The van der Waals surface area contributed by atoms with Crippen molar-refractivity contribution in [3.05, 3.63) is 89.0 Å². The normalized spacial score (nSPS) is 11.0. The fourth-order valence-electron chi connectivity index (χ4n) is 3.03. The molecule has 3 aromatic rings. The Morgan fingerprint density at radius 1 is 0.719 bits per heavy atom. The van der Waals surface area contributed by atoms with E-state index in [1.165, 1.54) is 6.08 Å². The molecule has 0 bridgehead atoms. The van der Waals surface area contributed by atoms with Crippen molar-refractivity contribution in [1.82, 2.24) is 0 Å². The molecule has 0 N–H and O–H groups in total. The van der Waals surface area contributed by atoms with Crippen LogP contribution < -0.4 is 18.9 Å². The Hall–Kier alpha value is -3.99. The van der Waals surface area contributed by atoms with Gasteiger partial charge in [-0.3, -0.25) is 0 Å². The standard InChI is InChI=1S/C27H26O5/c1-19-5-11-23(12-6-19)32-27(28)16-15-25-21(17-24(30-3)18-26(25)31-4)10-7-20-8-13-22(29-2)14-9-20/h5-18H,1-4H3/b10-7+,16-15+. The zero-order chi connectivity index (χ0) is 22.9. The first-order valence-electron chi connectivity index (χ1n) is 10.1. The monoisotopic (exact) mass is 430 g/mol. The largest absolute Gasteiger partial charge is 0.497 e. The molecule has 0 atom stereocenters. The average Bonchev–Trinajstić information content (AvgIpc) is 2.82. The van der Waals surface area contributed by atoms with Gasteiger partial charge in [0.25, 0.3) is 0 Å². The highest BCUT2D eigenvalue weighted by atomic mass is 16.5. The van der Waals surface area contributed by atoms with Crippen LogP contribution in [-0.2, 0) is 4.79 Å². The first-order chi connectivity index (χ1) is 15.5. The summed E-state index contributed by atoms with van der Waals surface area (Å²) < 4.78 is 21.5. The minimum Gasteiger partial charge on any atom is -0.497 e. The van der Waals surface area contributed by atoms with Crippen LogP contribution in [0.25, 0.3) is 18.2 Å². The number of ether oxygens (including phenoxy) is 4. The lowest BCUT2D eigenvalue weighted by molar-refractivity contribution is -0.128. The van der Waals surface area contributed by atoms with Gasteiger partial charge >= 0.3 is 5.97 Å². The molecule has 5 nitrogen and oxygen atoms in total. The maximum atomic E-state index is 12.3. The van der Waals surface area contributed by atoms with Crippen molar-refractivity contribution >= 4 is 24.2 Å². The number of hydrogen-bond donors (Lipinski definition) is 0. The van der Waals surface area contributed by atoms with E-state index in [0.29, 0.717) is 17.2 Å². The first kappa shape index (κ1) is 22.7. The number of carbonyl (C=O) groups is 1. The van der Waals surface area contributed by atoms with Gasteiger partial charge in [0.05, 0.1) is 21.3 Å². The van der Waals surface area contributed by atoms with Gasteiger partial charge in [0.1, 0.15) is 23.0 Å². The molecule has 0 unspecified atom stereocenters. The van der Waals surface area contributed by atoms with Gasteiger partial charge in [-0.15, -0.1) is 0 Å². The quantitative estimate of drug-likeness (QED) is 0.195. The van der Waals surface area contributed by atoms with Gasteiger partial charge in [0, 0.05) is 17.7 Å². The molecule has 5 heteroatoms. The topological polar surface area (TPSA) is 54.0 Å². The van der Waals surface area contributed by atoms with E-state index < -0.39 is 5.97 Å². The van der Waals surface area contributed by atoms with Gasteiger partial charge in [0.2, 0.25) is 0 Å². The van der Waals surface area contributed by atoms with Crippen LogP contribution in [-0.4, -0.2) is 27.3 Å². The summed E-state index contributed by atoms with van der Waals surface area (Å²) >= 11 is 0. The van der Waals surface area contributed by atoms with Crippen LogP contribution in [0.3, 0.4) is 0 Å². The predicted molar refractivity (Wildman–Crippen MR) is 127 cm³/mol. The number of hydrogen-bond acceptors (Lipinski definition) is 5. The summed E-state index contributed by atoms with van der Waals surface area (Å²) in [5, 5.41) is 0. The second-order valence-corrected chi connectivity index (χ2v) is 7.01. The molecule has 164 valence electrons. The summed E-state index contributed by atoms with van der Waals surface area (Å²) in [7, 11) is 4.81. The van der Waals surface area contributed by atoms with Crippen molar-refractivity contribution in [1.29, 1.82) is 0 Å². The minimum absolute atomic E-state index is 0.475. The van der Waals surface area contributed by atoms with E-state index in [1.807, 2.05) is 61.5 Å². The number of rotatable bonds is 8. The number of benzene rings is 3. The maximum Gasteiger partial charge on any atom is 0.336 e. The average molecular weight is 431 g/mol. The van der Waals surface area contributed by atoms with E-state index >= 15 is 0 Å². The highest BCUT2D eigenvalue weighted by Crippen LogP contribution is 2.31. The molecule has 0 saturated heterocycles. The molecule has 0 radical (unpaired) electrons. The Bertz CT molecular complexity index is 1110. The molecular weight excluding hydrogens is 404 g/mol. The zero-order valence-corrected chi connectivity index (χ0v) is 18.6. The fourth-order valence-corrected chi connectivity index (χ4v) is 3.03. The van der Waals surface area contributed by atoms with Gasteiger partial charge in [-0.05, 0) is 54.5 Å². The van der Waals surface area contributed by atoms with Crippen molar-refractivity contribution in [2.24, 2.45) is 0 Å². The summed E-state index contributed by atoms with van der Waals surface area (Å²) in [6.07, 6.45) is 6.98. The lowest BCUT2D eigenvalue weighted by Crippen LogP contribution is -2.03. The van der Waals surface area contributed by atoms with Gasteiger partial charge in [-0.1, -0.05) is 42.0 Å². The molecule has 0 heterocycles. The number of methoxy groups -OCH3 is 3. The summed E-state index contributed by atoms with van der Waals surface area (Å²) in [5.74, 6) is 2.04. The minimum atomic E-state index is -0.475. The number of aryl methyl sites for hydroxylation is 1. The molecule has 32 heavy (non-hydrogen) atoms. The summed E-state index contributed by atoms with van der Waals surface area (Å²) in [6, 6.07) is 18.7. The summed E-state index contributed by atoms with van der Waals surface area (Å²) in [4.78, 5) is 12.3. The summed E-state index contributed by atoms with van der Waals surface area (Å²) in [5.41, 5.74) is 3.66. The molecule has 0 aliphatic heterocycles. The summed E-state index contributed by atoms with van der Waals surface area (Å²) in [6.45, 7) is 1.97. The third-order valence-electron chi connectivity index (χ3n) is 4.80. The van der Waals surface area contributed by atoms with E-state index in [2.05, 4.69) is 0 Å². The molecule has 3 rings (SSSR count). The molecular formula is C27H26O5. The Morgan fingerprint density at radius 2 is 1.38 bits per heavy atom. The van der Waals surface area contributed by atoms with Crippen molar-refractivity contribution in [2.75, 3.05) is 21.3 Å². The van der Waals surface area contributed by atoms with Gasteiger partial charge < -0.3 is 18.9 Å². The number of esters is 1. The zero-order valence-electron chi connectivity index (χ0n) is 18.6. The molecule has 0 aliphatic carbocycles. The van der Waals surface area contributed by atoms with Crippen LogP contribution in [0.2, 0.25) is 0 Å². The Morgan fingerprint density at radius 3 is 2.00 bits per heavy atom. The van der Waals surface area contributed by atoms with Gasteiger partial charge in [0.15, 0.2) is 0 Å². The third-order valence-corrected chi connectivity index (χ3v) is 4.80. The van der Waals surface area contributed by atoms with Gasteiger partial charge in [-0.25, -0.2) is 4.79 Å². The lowest BCUT2D eigenvalue weighted by atomic mass is 10.0. The Balaban J connectivity index is 1.88. The van der Waals surface area contributed by atoms with Gasteiger partial charge in [-0.2, -0.15) is 0 Å². The molecule has 0 amide bonds. The van der Waals surface area contributed by atoms with Crippen LogP contribution >= 0.6 is 0 Å². The number of carbonyl (C=O) groups excluding carboxylic acids is 1. The van der Waals surface area contributed by atoms with E-state index in [4.69, 9.17) is 18.9 Å². The Labute approximate surface area is 188 Å². The van der Waals surface area contributed by atoms with Crippen LogP contribution in [0, 0.1) is 6.92 Å². The molecule has 0 spiro atoms. The second-order valence-electron chi connectivity index (χ2n) is 7.01. The van der Waals surface area contributed by atoms with E-state index in [1.54, 1.807) is 45.6 Å². The Kier molecular flexibility index (Phi) is 7.70. The smallest absolute Gasteiger partial charge is 0.336 e. The molecule has 0 aromatic heterocycles. The lowest BCUT2D eigenvalue weighted by Gasteiger charge is -2.11.